The highest BCUT2D eigenvalue weighted by Crippen LogP contribution is 2.26. The molecule has 2 N–H and O–H groups in total. The molecule has 0 saturated heterocycles. The smallest absolute Gasteiger partial charge is 0.222 e. The molecule has 0 unspecified atom stereocenters. The minimum Gasteiger partial charge on any atom is -0.494 e. The molecule has 19 heavy (non-hydrogen) atoms. The highest BCUT2D eigenvalue weighted by molar-refractivity contribution is 5.37. The van der Waals surface area contributed by atoms with Crippen LogP contribution in [0, 0.1) is 6.92 Å². The van der Waals surface area contributed by atoms with Crippen LogP contribution in [-0.2, 0) is 6.54 Å². The molecule has 4 nitrogen and oxygen atoms in total. The van der Waals surface area contributed by atoms with Gasteiger partial charge in [-0.25, -0.2) is 4.98 Å². The van der Waals surface area contributed by atoms with Gasteiger partial charge >= 0.3 is 0 Å². The van der Waals surface area contributed by atoms with Gasteiger partial charge in [0.25, 0.3) is 0 Å². The summed E-state index contributed by atoms with van der Waals surface area (Å²) in [5.74, 6) is 2.09. The number of pyridine rings is 1. The lowest BCUT2D eigenvalue weighted by atomic mass is 10.2. The Balaban J connectivity index is 2.18. The van der Waals surface area contributed by atoms with Crippen LogP contribution in [0.5, 0.6) is 17.4 Å². The first kappa shape index (κ1) is 13.4. The number of hydrogen-bond acceptors (Lipinski definition) is 4. The third-order valence-electron chi connectivity index (χ3n) is 2.65. The van der Waals surface area contributed by atoms with Crippen LogP contribution >= 0.6 is 0 Å². The molecule has 0 aliphatic rings. The first-order valence-corrected chi connectivity index (χ1v) is 6.29. The maximum Gasteiger partial charge on any atom is 0.222 e. The largest absolute Gasteiger partial charge is 0.494 e. The van der Waals surface area contributed by atoms with Crippen molar-refractivity contribution < 1.29 is 9.47 Å². The van der Waals surface area contributed by atoms with E-state index in [1.165, 1.54) is 0 Å². The lowest BCUT2D eigenvalue weighted by Gasteiger charge is -2.10. The molecule has 0 bridgehead atoms. The fourth-order valence-electron chi connectivity index (χ4n) is 1.74. The van der Waals surface area contributed by atoms with Crippen molar-refractivity contribution in [1.29, 1.82) is 0 Å². The normalized spacial score (nSPS) is 10.3. The molecule has 0 saturated carbocycles. The maximum absolute atomic E-state index is 5.76. The summed E-state index contributed by atoms with van der Waals surface area (Å²) < 4.78 is 11.2. The molecule has 1 aromatic carbocycles. The lowest BCUT2D eigenvalue weighted by molar-refractivity contribution is 0.338. The summed E-state index contributed by atoms with van der Waals surface area (Å²) in [6.07, 6.45) is 1.73. The molecular formula is C15H18N2O2. The Labute approximate surface area is 113 Å². The van der Waals surface area contributed by atoms with Gasteiger partial charge in [-0.2, -0.15) is 0 Å². The van der Waals surface area contributed by atoms with Crippen molar-refractivity contribution in [2.75, 3.05) is 6.61 Å². The van der Waals surface area contributed by atoms with E-state index in [1.54, 1.807) is 6.20 Å². The van der Waals surface area contributed by atoms with Crippen LogP contribution in [-0.4, -0.2) is 11.6 Å². The quantitative estimate of drug-likeness (QED) is 0.895. The van der Waals surface area contributed by atoms with Crippen molar-refractivity contribution in [3.8, 4) is 17.4 Å². The second-order valence-electron chi connectivity index (χ2n) is 4.18. The molecule has 1 aromatic heterocycles. The molecule has 0 spiro atoms. The fraction of sp³-hybridized carbons (Fsp3) is 0.267. The number of nitrogens with two attached hydrogens (primary N) is 1. The van der Waals surface area contributed by atoms with Crippen LogP contribution in [0.15, 0.2) is 36.5 Å². The van der Waals surface area contributed by atoms with Gasteiger partial charge in [0.15, 0.2) is 0 Å². The lowest BCUT2D eigenvalue weighted by Crippen LogP contribution is -1.99. The summed E-state index contributed by atoms with van der Waals surface area (Å²) >= 11 is 0. The molecule has 0 radical (unpaired) electrons. The molecule has 4 heteroatoms. The monoisotopic (exact) mass is 258 g/mol. The number of rotatable bonds is 5. The molecule has 0 aliphatic heterocycles. The predicted octanol–water partition coefficient (Wildman–Crippen LogP) is 3.04. The fourth-order valence-corrected chi connectivity index (χ4v) is 1.74. The Morgan fingerprint density at radius 3 is 2.68 bits per heavy atom. The summed E-state index contributed by atoms with van der Waals surface area (Å²) in [5, 5.41) is 0. The zero-order valence-corrected chi connectivity index (χ0v) is 11.2. The van der Waals surface area contributed by atoms with E-state index in [0.717, 1.165) is 16.9 Å². The summed E-state index contributed by atoms with van der Waals surface area (Å²) in [7, 11) is 0. The Hall–Kier alpha value is -2.07. The second kappa shape index (κ2) is 6.20. The Kier molecular flexibility index (Phi) is 4.36. The Bertz CT molecular complexity index is 556. The molecule has 2 rings (SSSR count). The van der Waals surface area contributed by atoms with Crippen LogP contribution in [0.4, 0.5) is 0 Å². The predicted molar refractivity (Wildman–Crippen MR) is 74.6 cm³/mol. The van der Waals surface area contributed by atoms with E-state index in [0.29, 0.717) is 24.8 Å². The van der Waals surface area contributed by atoms with Gasteiger partial charge in [0, 0.05) is 24.4 Å². The van der Waals surface area contributed by atoms with Gasteiger partial charge < -0.3 is 15.2 Å². The molecule has 2 aromatic rings. The molecule has 0 amide bonds. The molecular weight excluding hydrogens is 240 g/mol. The zero-order valence-electron chi connectivity index (χ0n) is 11.2. The standard InChI is InChI=1S/C15H18N2O2/c1-3-18-13-5-4-6-14(8-13)19-15-11(2)7-12(9-16)10-17-15/h4-8,10H,3,9,16H2,1-2H3. The van der Waals surface area contributed by atoms with Gasteiger partial charge in [-0.1, -0.05) is 6.07 Å². The van der Waals surface area contributed by atoms with E-state index in [9.17, 15) is 0 Å². The minimum absolute atomic E-state index is 0.480. The van der Waals surface area contributed by atoms with E-state index < -0.39 is 0 Å². The third kappa shape index (κ3) is 3.45. The van der Waals surface area contributed by atoms with Gasteiger partial charge in [-0.15, -0.1) is 0 Å². The van der Waals surface area contributed by atoms with Crippen LogP contribution in [0.1, 0.15) is 18.1 Å². The zero-order chi connectivity index (χ0) is 13.7. The number of aryl methyl sites for hydroxylation is 1. The van der Waals surface area contributed by atoms with Crippen molar-refractivity contribution >= 4 is 0 Å². The average Bonchev–Trinajstić information content (AvgIpc) is 2.42. The van der Waals surface area contributed by atoms with Crippen LogP contribution < -0.4 is 15.2 Å². The summed E-state index contributed by atoms with van der Waals surface area (Å²) in [4.78, 5) is 4.28. The van der Waals surface area contributed by atoms with E-state index >= 15 is 0 Å². The van der Waals surface area contributed by atoms with Crippen LogP contribution in [0.3, 0.4) is 0 Å². The number of hydrogen-bond donors (Lipinski definition) is 1. The van der Waals surface area contributed by atoms with E-state index in [2.05, 4.69) is 4.98 Å². The number of benzene rings is 1. The summed E-state index contributed by atoms with van der Waals surface area (Å²) in [6, 6.07) is 9.49. The van der Waals surface area contributed by atoms with E-state index in [4.69, 9.17) is 15.2 Å². The Morgan fingerprint density at radius 1 is 1.21 bits per heavy atom. The van der Waals surface area contributed by atoms with Crippen molar-refractivity contribution in [3.05, 3.63) is 47.7 Å². The van der Waals surface area contributed by atoms with Crippen molar-refractivity contribution in [2.24, 2.45) is 5.73 Å². The van der Waals surface area contributed by atoms with Gasteiger partial charge in [-0.3, -0.25) is 0 Å². The topological polar surface area (TPSA) is 57.4 Å². The van der Waals surface area contributed by atoms with Crippen LogP contribution in [0.2, 0.25) is 0 Å². The third-order valence-corrected chi connectivity index (χ3v) is 2.65. The minimum atomic E-state index is 0.480. The molecule has 0 aliphatic carbocycles. The number of ether oxygens (including phenoxy) is 2. The van der Waals surface area contributed by atoms with Crippen molar-refractivity contribution in [1.82, 2.24) is 4.98 Å². The van der Waals surface area contributed by atoms with E-state index in [-0.39, 0.29) is 0 Å². The van der Waals surface area contributed by atoms with Crippen molar-refractivity contribution in [2.45, 2.75) is 20.4 Å². The molecule has 0 fully saturated rings. The first-order chi connectivity index (χ1) is 9.22. The SMILES string of the molecule is CCOc1cccc(Oc2ncc(CN)cc2C)c1. The Morgan fingerprint density at radius 2 is 2.00 bits per heavy atom. The van der Waals surface area contributed by atoms with Gasteiger partial charge in [0.05, 0.1) is 6.61 Å². The second-order valence-corrected chi connectivity index (χ2v) is 4.18. The summed E-state index contributed by atoms with van der Waals surface area (Å²) in [6.45, 7) is 5.01. The first-order valence-electron chi connectivity index (χ1n) is 6.29. The maximum atomic E-state index is 5.76. The highest BCUT2D eigenvalue weighted by Gasteiger charge is 2.05. The van der Waals surface area contributed by atoms with Crippen LogP contribution in [0.25, 0.3) is 0 Å². The van der Waals surface area contributed by atoms with Crippen molar-refractivity contribution in [3.63, 3.8) is 0 Å². The highest BCUT2D eigenvalue weighted by atomic mass is 16.5. The molecule has 1 heterocycles. The van der Waals surface area contributed by atoms with Gasteiger partial charge in [-0.05, 0) is 37.6 Å². The summed E-state index contributed by atoms with van der Waals surface area (Å²) in [5.41, 5.74) is 7.53. The molecule has 0 atom stereocenters. The van der Waals surface area contributed by atoms with Gasteiger partial charge in [0.1, 0.15) is 11.5 Å². The van der Waals surface area contributed by atoms with E-state index in [1.807, 2.05) is 44.2 Å². The number of aromatic nitrogens is 1. The molecule has 100 valence electrons. The average molecular weight is 258 g/mol. The van der Waals surface area contributed by atoms with Gasteiger partial charge in [0.2, 0.25) is 5.88 Å². The number of nitrogens with zero attached hydrogens (tertiary/aromatic N) is 1.